The Balaban J connectivity index is 1.86. The molecule has 0 fully saturated rings. The normalized spacial score (nSPS) is 12.1. The smallest absolute Gasteiger partial charge is 0.278 e. The fourth-order valence-electron chi connectivity index (χ4n) is 4.30. The van der Waals surface area contributed by atoms with Crippen molar-refractivity contribution in [3.63, 3.8) is 0 Å². The maximum Gasteiger partial charge on any atom is 0.278 e. The van der Waals surface area contributed by atoms with Gasteiger partial charge in [0.25, 0.3) is 11.5 Å². The molecule has 0 aliphatic rings. The highest BCUT2D eigenvalue weighted by Gasteiger charge is 2.29. The third-order valence-corrected chi connectivity index (χ3v) is 6.33. The molecular formula is C27H30ClN5O2. The van der Waals surface area contributed by atoms with Gasteiger partial charge in [-0.05, 0) is 50.1 Å². The molecule has 0 radical (unpaired) electrons. The second kappa shape index (κ2) is 10.9. The van der Waals surface area contributed by atoms with Crippen molar-refractivity contribution in [1.29, 1.82) is 0 Å². The molecule has 0 bridgehead atoms. The number of carbonyl (C=O) groups excluding carboxylic acids is 1. The van der Waals surface area contributed by atoms with Crippen LogP contribution >= 0.6 is 11.6 Å². The largest absolute Gasteiger partial charge is 0.330 e. The number of nitrogens with zero attached hydrogens (tertiary/aromatic N) is 4. The van der Waals surface area contributed by atoms with E-state index < -0.39 is 6.04 Å². The number of rotatable bonds is 9. The number of aryl methyl sites for hydroxylation is 1. The Bertz CT molecular complexity index is 1360. The molecule has 0 spiro atoms. The lowest BCUT2D eigenvalue weighted by Gasteiger charge is -2.32. The molecule has 8 heteroatoms. The van der Waals surface area contributed by atoms with Crippen molar-refractivity contribution < 1.29 is 4.79 Å². The lowest BCUT2D eigenvalue weighted by molar-refractivity contribution is 0.0654. The minimum Gasteiger partial charge on any atom is -0.330 e. The van der Waals surface area contributed by atoms with Crippen LogP contribution in [0, 0.1) is 6.92 Å². The van der Waals surface area contributed by atoms with E-state index in [1.807, 2.05) is 68.4 Å². The summed E-state index contributed by atoms with van der Waals surface area (Å²) in [6, 6.07) is 18.4. The molecule has 35 heavy (non-hydrogen) atoms. The Labute approximate surface area is 209 Å². The van der Waals surface area contributed by atoms with Gasteiger partial charge < -0.3 is 10.6 Å². The zero-order valence-electron chi connectivity index (χ0n) is 20.0. The van der Waals surface area contributed by atoms with E-state index in [-0.39, 0.29) is 11.5 Å². The zero-order chi connectivity index (χ0) is 24.9. The van der Waals surface area contributed by atoms with Crippen LogP contribution < -0.4 is 11.3 Å². The molecule has 0 aliphatic heterocycles. The molecule has 2 heterocycles. The first-order valence-electron chi connectivity index (χ1n) is 11.8. The molecule has 4 aromatic rings. The van der Waals surface area contributed by atoms with Crippen molar-refractivity contribution in [2.45, 2.75) is 39.3 Å². The highest BCUT2D eigenvalue weighted by Crippen LogP contribution is 2.26. The predicted molar refractivity (Wildman–Crippen MR) is 139 cm³/mol. The van der Waals surface area contributed by atoms with Crippen molar-refractivity contribution in [3.8, 4) is 0 Å². The van der Waals surface area contributed by atoms with Crippen LogP contribution in [-0.2, 0) is 6.54 Å². The fraction of sp³-hybridized carbons (Fsp3) is 0.296. The van der Waals surface area contributed by atoms with Gasteiger partial charge in [-0.3, -0.25) is 14.2 Å². The van der Waals surface area contributed by atoms with Crippen LogP contribution in [0.3, 0.4) is 0 Å². The zero-order valence-corrected chi connectivity index (χ0v) is 20.8. The number of aromatic nitrogens is 3. The van der Waals surface area contributed by atoms with Crippen molar-refractivity contribution in [2.75, 3.05) is 13.1 Å². The summed E-state index contributed by atoms with van der Waals surface area (Å²) in [6.07, 6.45) is 2.83. The van der Waals surface area contributed by atoms with Crippen molar-refractivity contribution in [1.82, 2.24) is 19.1 Å². The fourth-order valence-corrected chi connectivity index (χ4v) is 4.50. The van der Waals surface area contributed by atoms with E-state index in [1.165, 1.54) is 4.52 Å². The molecule has 1 amide bonds. The highest BCUT2D eigenvalue weighted by atomic mass is 35.5. The topological polar surface area (TPSA) is 85.6 Å². The van der Waals surface area contributed by atoms with Gasteiger partial charge in [-0.25, -0.2) is 4.52 Å². The molecule has 4 rings (SSSR count). The van der Waals surface area contributed by atoms with E-state index in [1.54, 1.807) is 21.7 Å². The van der Waals surface area contributed by atoms with Gasteiger partial charge in [0.1, 0.15) is 5.52 Å². The van der Waals surface area contributed by atoms with E-state index in [9.17, 15) is 9.59 Å². The maximum absolute atomic E-state index is 13.7. The summed E-state index contributed by atoms with van der Waals surface area (Å²) in [7, 11) is 0. The van der Waals surface area contributed by atoms with Crippen molar-refractivity contribution >= 4 is 23.0 Å². The Morgan fingerprint density at radius 3 is 2.51 bits per heavy atom. The second-order valence-corrected chi connectivity index (χ2v) is 9.09. The van der Waals surface area contributed by atoms with Gasteiger partial charge in [0.15, 0.2) is 5.82 Å². The number of carbonyl (C=O) groups is 1. The van der Waals surface area contributed by atoms with Crippen molar-refractivity contribution in [2.24, 2.45) is 5.73 Å². The Hall–Kier alpha value is -3.42. The van der Waals surface area contributed by atoms with Gasteiger partial charge in [-0.2, -0.15) is 5.10 Å². The maximum atomic E-state index is 13.7. The first-order valence-corrected chi connectivity index (χ1v) is 12.2. The van der Waals surface area contributed by atoms with Crippen LogP contribution in [0.5, 0.6) is 0 Å². The second-order valence-electron chi connectivity index (χ2n) is 8.65. The predicted octanol–water partition coefficient (Wildman–Crippen LogP) is 4.45. The monoisotopic (exact) mass is 491 g/mol. The molecule has 1 unspecified atom stereocenters. The van der Waals surface area contributed by atoms with Gasteiger partial charge in [0.05, 0.1) is 17.6 Å². The quantitative estimate of drug-likeness (QED) is 0.375. The third-order valence-electron chi connectivity index (χ3n) is 6.13. The number of nitrogens with two attached hydrogens (primary N) is 1. The van der Waals surface area contributed by atoms with E-state index in [0.29, 0.717) is 54.4 Å². The van der Waals surface area contributed by atoms with Crippen LogP contribution in [0.15, 0.2) is 71.7 Å². The van der Waals surface area contributed by atoms with Gasteiger partial charge in [0.2, 0.25) is 0 Å². The molecule has 7 nitrogen and oxygen atoms in total. The summed E-state index contributed by atoms with van der Waals surface area (Å²) in [5.41, 5.74) is 8.65. The van der Waals surface area contributed by atoms with E-state index in [2.05, 4.69) is 0 Å². The van der Waals surface area contributed by atoms with Crippen LogP contribution in [0.2, 0.25) is 5.02 Å². The summed E-state index contributed by atoms with van der Waals surface area (Å²) >= 11 is 6.22. The molecule has 2 aromatic carbocycles. The molecule has 2 aromatic heterocycles. The summed E-state index contributed by atoms with van der Waals surface area (Å²) in [5.74, 6) is 0.398. The average molecular weight is 492 g/mol. The Kier molecular flexibility index (Phi) is 7.68. The number of benzene rings is 2. The molecule has 1 atom stereocenters. The molecule has 0 saturated heterocycles. The summed E-state index contributed by atoms with van der Waals surface area (Å²) in [4.78, 5) is 29.1. The number of halogens is 1. The number of hydrogen-bond acceptors (Lipinski definition) is 4. The SMILES string of the molecule is CCC(c1nn2cc(Cl)cc2c(=O)n1Cc1ccccc1)N(CCCN)C(=O)c1ccc(C)cc1. The average Bonchev–Trinajstić information content (AvgIpc) is 3.25. The van der Waals surface area contributed by atoms with Gasteiger partial charge >= 0.3 is 0 Å². The Morgan fingerprint density at radius 1 is 1.14 bits per heavy atom. The van der Waals surface area contributed by atoms with E-state index in [0.717, 1.165) is 11.1 Å². The van der Waals surface area contributed by atoms with Crippen LogP contribution in [0.1, 0.15) is 53.1 Å². The van der Waals surface area contributed by atoms with Crippen molar-refractivity contribution in [3.05, 3.63) is 105 Å². The first kappa shape index (κ1) is 24.7. The van der Waals surface area contributed by atoms with Gasteiger partial charge in [-0.1, -0.05) is 66.6 Å². The number of fused-ring (bicyclic) bond motifs is 1. The highest BCUT2D eigenvalue weighted by molar-refractivity contribution is 6.31. The van der Waals surface area contributed by atoms with Crippen LogP contribution in [0.25, 0.3) is 5.52 Å². The molecule has 0 saturated carbocycles. The van der Waals surface area contributed by atoms with E-state index in [4.69, 9.17) is 22.4 Å². The van der Waals surface area contributed by atoms with Gasteiger partial charge in [-0.15, -0.1) is 0 Å². The number of hydrogen-bond donors (Lipinski definition) is 1. The molecule has 0 aliphatic carbocycles. The summed E-state index contributed by atoms with van der Waals surface area (Å²) in [6.45, 7) is 5.21. The number of amides is 1. The van der Waals surface area contributed by atoms with Gasteiger partial charge in [0, 0.05) is 18.3 Å². The molecular weight excluding hydrogens is 462 g/mol. The first-order chi connectivity index (χ1) is 16.9. The summed E-state index contributed by atoms with van der Waals surface area (Å²) in [5, 5.41) is 5.25. The van der Waals surface area contributed by atoms with Crippen LogP contribution in [0.4, 0.5) is 0 Å². The molecule has 2 N–H and O–H groups in total. The Morgan fingerprint density at radius 2 is 1.86 bits per heavy atom. The standard InChI is InChI=1S/C27H30ClN5O2/c1-3-23(31(15-7-14-29)26(34)21-12-10-19(2)11-13-21)25-30-33-18-22(28)16-24(33)27(35)32(25)17-20-8-5-4-6-9-20/h4-6,8-13,16,18,23H,3,7,14-15,17,29H2,1-2H3. The minimum absolute atomic E-state index is 0.114. The lowest BCUT2D eigenvalue weighted by Crippen LogP contribution is -2.40. The lowest BCUT2D eigenvalue weighted by atomic mass is 10.1. The molecule has 182 valence electrons. The summed E-state index contributed by atoms with van der Waals surface area (Å²) < 4.78 is 3.18. The minimum atomic E-state index is -0.433. The van der Waals surface area contributed by atoms with E-state index >= 15 is 0 Å². The third kappa shape index (κ3) is 5.31. The van der Waals surface area contributed by atoms with Crippen LogP contribution in [-0.4, -0.2) is 38.1 Å².